The van der Waals surface area contributed by atoms with Crippen LogP contribution in [0.3, 0.4) is 0 Å². The van der Waals surface area contributed by atoms with Crippen LogP contribution in [0.15, 0.2) is 290 Å². The van der Waals surface area contributed by atoms with Crippen molar-refractivity contribution in [3.63, 3.8) is 0 Å². The predicted octanol–water partition coefficient (Wildman–Crippen LogP) is 23.7. The SMILES string of the molecule is Cc1cc(-c2ccccc2)cc(C)c1-c1cc(-c2[c-]cccc2)nn1C.Cc1cc(-c2ccccc2)cc(C)c1-c1cc(-c2[c-]cccc2)no1.Cc1cc(-c2ccccc2)cc(C)c1-c1cc(-c2[c-]cccc2)ns1.Cc1cc(-c2ccccc2)cc(C)c1-c1nnc(-c2[c-]cccc2)n1C.[Ir].[Ir].[Ir].[Ir]. The van der Waals surface area contributed by atoms with E-state index in [-0.39, 0.29) is 80.4 Å². The van der Waals surface area contributed by atoms with Gasteiger partial charge in [0.05, 0.1) is 11.5 Å². The van der Waals surface area contributed by atoms with Gasteiger partial charge in [-0.2, -0.15) is 5.10 Å². The van der Waals surface area contributed by atoms with Crippen molar-refractivity contribution in [3.05, 3.63) is 354 Å². The maximum absolute atomic E-state index is 5.64. The molecule has 0 fully saturated rings. The third-order valence-corrected chi connectivity index (χ3v) is 19.0. The molecule has 8 nitrogen and oxygen atoms in total. The molecule has 0 spiro atoms. The summed E-state index contributed by atoms with van der Waals surface area (Å²) in [4.78, 5) is 1.21. The number of rotatable bonds is 12. The Hall–Kier alpha value is -9.57. The summed E-state index contributed by atoms with van der Waals surface area (Å²) in [7, 11) is 4.02. The second-order valence-electron chi connectivity index (χ2n) is 25.6. The molecule has 13 heteroatoms. The number of hydrogen-bond donors (Lipinski definition) is 0. The smallest absolute Gasteiger partial charge is 0.157 e. The Morgan fingerprint density at radius 1 is 0.311 bits per heavy atom. The molecule has 12 aromatic carbocycles. The zero-order valence-electron chi connectivity index (χ0n) is 60.4. The fourth-order valence-corrected chi connectivity index (χ4v) is 14.3. The fourth-order valence-electron chi connectivity index (χ4n) is 13.4. The van der Waals surface area contributed by atoms with Crippen molar-refractivity contribution in [1.82, 2.24) is 34.1 Å². The Morgan fingerprint density at radius 2 is 0.651 bits per heavy atom. The van der Waals surface area contributed by atoms with Crippen LogP contribution in [-0.4, -0.2) is 34.1 Å². The summed E-state index contributed by atoms with van der Waals surface area (Å²) in [5.41, 5.74) is 32.4. The third kappa shape index (κ3) is 18.8. The summed E-state index contributed by atoms with van der Waals surface area (Å²) in [6.07, 6.45) is 0. The maximum Gasteiger partial charge on any atom is 0.157 e. The van der Waals surface area contributed by atoms with Gasteiger partial charge in [0.15, 0.2) is 11.6 Å². The summed E-state index contributed by atoms with van der Waals surface area (Å²) in [5, 5.41) is 17.8. The van der Waals surface area contributed by atoms with Crippen LogP contribution in [-0.2, 0) is 94.5 Å². The molecule has 0 atom stereocenters. The fraction of sp³-hybridized carbons (Fsp3) is 0.108. The van der Waals surface area contributed by atoms with E-state index >= 15 is 0 Å². The van der Waals surface area contributed by atoms with E-state index in [0.29, 0.717) is 0 Å². The van der Waals surface area contributed by atoms with Gasteiger partial charge >= 0.3 is 0 Å². The van der Waals surface area contributed by atoms with Crippen molar-refractivity contribution in [2.75, 3.05) is 0 Å². The Morgan fingerprint density at radius 3 is 1.05 bits per heavy atom. The van der Waals surface area contributed by atoms with E-state index in [0.717, 1.165) is 73.6 Å². The number of benzene rings is 12. The minimum atomic E-state index is 0. The van der Waals surface area contributed by atoms with Gasteiger partial charge in [-0.3, -0.25) is 4.68 Å². The molecule has 0 aliphatic carbocycles. The van der Waals surface area contributed by atoms with Crippen LogP contribution in [0, 0.1) is 79.7 Å². The van der Waals surface area contributed by atoms with Crippen molar-refractivity contribution in [2.24, 2.45) is 14.1 Å². The van der Waals surface area contributed by atoms with Crippen LogP contribution >= 0.6 is 11.5 Å². The van der Waals surface area contributed by atoms with E-state index in [1.807, 2.05) is 133 Å². The Balaban J connectivity index is 0.000000161. The van der Waals surface area contributed by atoms with Crippen LogP contribution in [0.4, 0.5) is 0 Å². The molecular weight excluding hydrogens is 2030 g/mol. The van der Waals surface area contributed by atoms with Crippen molar-refractivity contribution in [2.45, 2.75) is 55.4 Å². The molecule has 106 heavy (non-hydrogen) atoms. The van der Waals surface area contributed by atoms with E-state index < -0.39 is 0 Å². The molecule has 0 amide bonds. The molecule has 16 rings (SSSR count). The molecule has 0 saturated heterocycles. The normalized spacial score (nSPS) is 10.4. The molecule has 0 saturated carbocycles. The first-order valence-electron chi connectivity index (χ1n) is 34.2. The summed E-state index contributed by atoms with van der Waals surface area (Å²) >= 11 is 1.56. The Kier molecular flexibility index (Phi) is 28.6. The first-order chi connectivity index (χ1) is 49.7. The monoisotopic (exact) mass is 2110 g/mol. The molecule has 0 bridgehead atoms. The van der Waals surface area contributed by atoms with Gasteiger partial charge in [-0.25, -0.2) is 9.47 Å². The summed E-state index contributed by atoms with van der Waals surface area (Å²) in [6, 6.07) is 111. The number of aryl methyl sites for hydroxylation is 9. The second-order valence-corrected chi connectivity index (χ2v) is 26.4. The van der Waals surface area contributed by atoms with Gasteiger partial charge in [0.2, 0.25) is 0 Å². The Bertz CT molecular complexity index is 5140. The third-order valence-electron chi connectivity index (χ3n) is 18.2. The molecule has 0 N–H and O–H groups in total. The zero-order valence-corrected chi connectivity index (χ0v) is 70.8. The first kappa shape index (κ1) is 80.5. The standard InChI is InChI=1S/C24H21N2.C23H20N3.C23H18NO.C23H18NS.4Ir/c1-17-14-21(19-10-6-4-7-11-19)15-18(2)24(17)23-16-22(25-26(23)3)20-12-8-5-9-13-20;1-16-14-20(18-10-6-4-7-11-18)15-17(2)21(16)23-25-24-22(26(23)3)19-12-8-5-9-13-19;2*1-16-13-20(18-9-5-3-6-10-18)14-17(2)23(16)22-15-21(24-25-22)19-11-7-4-8-12-19;;;;/h4-12,14-16H,1-3H3;4-12,14-15H,1-3H3;2*3-11,13-15H,1-2H3;;;;/q4*-1;;;;. The average Bonchev–Trinajstić information content (AvgIpc) is 1.61. The second kappa shape index (κ2) is 37.6. The van der Waals surface area contributed by atoms with Crippen molar-refractivity contribution >= 4 is 11.5 Å². The molecule has 4 radical (unpaired) electrons. The largest absolute Gasteiger partial charge is 0.366 e. The molecule has 4 aromatic heterocycles. The quantitative estimate of drug-likeness (QED) is 0.113. The molecule has 16 aromatic rings. The van der Waals surface area contributed by atoms with Crippen LogP contribution in [0.5, 0.6) is 0 Å². The topological polar surface area (TPSA) is 87.4 Å². The molecule has 536 valence electrons. The average molecular weight is 2110 g/mol. The van der Waals surface area contributed by atoms with Gasteiger partial charge in [-0.15, -0.1) is 154 Å². The van der Waals surface area contributed by atoms with Gasteiger partial charge in [0.25, 0.3) is 0 Å². The molecule has 0 aliphatic heterocycles. The summed E-state index contributed by atoms with van der Waals surface area (Å²) in [6.45, 7) is 17.2. The van der Waals surface area contributed by atoms with E-state index in [4.69, 9.17) is 9.62 Å². The predicted molar refractivity (Wildman–Crippen MR) is 421 cm³/mol. The number of hydrogen-bond acceptors (Lipinski definition) is 7. The van der Waals surface area contributed by atoms with Gasteiger partial charge in [-0.05, 0) is 168 Å². The van der Waals surface area contributed by atoms with Crippen LogP contribution in [0.25, 0.3) is 134 Å². The van der Waals surface area contributed by atoms with Crippen molar-refractivity contribution in [1.29, 1.82) is 0 Å². The molecule has 0 unspecified atom stereocenters. The summed E-state index contributed by atoms with van der Waals surface area (Å²) in [5.74, 6) is 2.50. The van der Waals surface area contributed by atoms with Gasteiger partial charge < -0.3 is 9.09 Å². The van der Waals surface area contributed by atoms with Crippen LogP contribution in [0.2, 0.25) is 0 Å². The van der Waals surface area contributed by atoms with Gasteiger partial charge in [-0.1, -0.05) is 182 Å². The minimum Gasteiger partial charge on any atom is -0.366 e. The van der Waals surface area contributed by atoms with Crippen molar-refractivity contribution < 1.29 is 84.9 Å². The van der Waals surface area contributed by atoms with E-state index in [2.05, 4.69) is 275 Å². The van der Waals surface area contributed by atoms with E-state index in [9.17, 15) is 0 Å². The van der Waals surface area contributed by atoms with Gasteiger partial charge in [0.1, 0.15) is 0 Å². The van der Waals surface area contributed by atoms with Gasteiger partial charge in [0, 0.05) is 133 Å². The Labute approximate surface area is 681 Å². The molecule has 4 heterocycles. The minimum absolute atomic E-state index is 0. The first-order valence-corrected chi connectivity index (χ1v) is 34.9. The van der Waals surface area contributed by atoms with Crippen LogP contribution in [0.1, 0.15) is 44.5 Å². The number of nitrogens with zero attached hydrogens (tertiary/aromatic N) is 7. The molecule has 0 aliphatic rings. The summed E-state index contributed by atoms with van der Waals surface area (Å²) < 4.78 is 14.3. The zero-order chi connectivity index (χ0) is 70.6. The van der Waals surface area contributed by atoms with E-state index in [1.54, 1.807) is 11.5 Å². The van der Waals surface area contributed by atoms with E-state index in [1.165, 1.54) is 105 Å². The molecular formula is C93H77Ir4N7OS-4. The van der Waals surface area contributed by atoms with Crippen LogP contribution < -0.4 is 0 Å². The maximum atomic E-state index is 5.64. The van der Waals surface area contributed by atoms with Crippen molar-refractivity contribution in [3.8, 4) is 134 Å². The number of aromatic nitrogens is 7.